The van der Waals surface area contributed by atoms with E-state index >= 15 is 0 Å². The normalized spacial score (nSPS) is 18.7. The summed E-state index contributed by atoms with van der Waals surface area (Å²) in [4.78, 5) is 0. The van der Waals surface area contributed by atoms with E-state index in [-0.39, 0.29) is 6.23 Å². The van der Waals surface area contributed by atoms with Crippen molar-refractivity contribution in [1.29, 1.82) is 0 Å². The van der Waals surface area contributed by atoms with Gasteiger partial charge >= 0.3 is 0 Å². The van der Waals surface area contributed by atoms with Gasteiger partial charge in [0.25, 0.3) is 0 Å². The predicted molar refractivity (Wildman–Crippen MR) is 91.4 cm³/mol. The lowest BCUT2D eigenvalue weighted by atomic mass is 10.1. The number of benzene rings is 1. The molecule has 5 heteroatoms. The van der Waals surface area contributed by atoms with Crippen molar-refractivity contribution in [2.75, 3.05) is 6.61 Å². The van der Waals surface area contributed by atoms with E-state index in [0.717, 1.165) is 42.3 Å². The van der Waals surface area contributed by atoms with Crippen molar-refractivity contribution in [2.24, 2.45) is 0 Å². The first-order chi connectivity index (χ1) is 10.9. The molecule has 2 aromatic rings. The zero-order valence-electron chi connectivity index (χ0n) is 13.5. The molecular formula is C18H21ClN2O2. The number of hydrogen-bond donors (Lipinski definition) is 1. The Morgan fingerprint density at radius 3 is 2.96 bits per heavy atom. The monoisotopic (exact) mass is 332 g/mol. The molecule has 1 aliphatic rings. The fourth-order valence-electron chi connectivity index (χ4n) is 2.66. The first-order valence-corrected chi connectivity index (χ1v) is 8.31. The molecular weight excluding hydrogens is 312 g/mol. The van der Waals surface area contributed by atoms with E-state index in [4.69, 9.17) is 16.3 Å². The molecule has 1 atom stereocenters. The van der Waals surface area contributed by atoms with Gasteiger partial charge in [0, 0.05) is 24.0 Å². The van der Waals surface area contributed by atoms with Crippen LogP contribution in [0.3, 0.4) is 0 Å². The summed E-state index contributed by atoms with van der Waals surface area (Å²) in [5.74, 6) is 6.05. The number of fused-ring (bicyclic) bond motifs is 1. The third-order valence-corrected chi connectivity index (χ3v) is 4.17. The summed E-state index contributed by atoms with van der Waals surface area (Å²) >= 11 is 6.31. The molecule has 3 rings (SSSR count). The molecule has 1 aromatic heterocycles. The molecule has 4 nitrogen and oxygen atoms in total. The predicted octanol–water partition coefficient (Wildman–Crippen LogP) is 3.90. The number of rotatable bonds is 2. The summed E-state index contributed by atoms with van der Waals surface area (Å²) in [6, 6.07) is 3.84. The van der Waals surface area contributed by atoms with Crippen molar-refractivity contribution in [3.05, 3.63) is 28.9 Å². The van der Waals surface area contributed by atoms with Crippen molar-refractivity contribution in [1.82, 2.24) is 9.78 Å². The van der Waals surface area contributed by atoms with Gasteiger partial charge in [0.05, 0.1) is 22.3 Å². The highest BCUT2D eigenvalue weighted by Crippen LogP contribution is 2.29. The lowest BCUT2D eigenvalue weighted by Gasteiger charge is -2.23. The van der Waals surface area contributed by atoms with Gasteiger partial charge in [-0.15, -0.1) is 0 Å². The van der Waals surface area contributed by atoms with Crippen molar-refractivity contribution in [3.63, 3.8) is 0 Å². The van der Waals surface area contributed by atoms with Crippen LogP contribution < -0.4 is 0 Å². The van der Waals surface area contributed by atoms with Gasteiger partial charge in [0.2, 0.25) is 0 Å². The van der Waals surface area contributed by atoms with Gasteiger partial charge in [0.15, 0.2) is 6.23 Å². The third-order valence-electron chi connectivity index (χ3n) is 3.86. The van der Waals surface area contributed by atoms with Crippen LogP contribution in [0.1, 0.15) is 51.3 Å². The van der Waals surface area contributed by atoms with E-state index in [0.29, 0.717) is 11.4 Å². The van der Waals surface area contributed by atoms with E-state index in [2.05, 4.69) is 16.9 Å². The number of hydrogen-bond acceptors (Lipinski definition) is 3. The van der Waals surface area contributed by atoms with Crippen LogP contribution in [-0.4, -0.2) is 27.1 Å². The maximum absolute atomic E-state index is 9.75. The van der Waals surface area contributed by atoms with Crippen LogP contribution in [0.25, 0.3) is 10.9 Å². The van der Waals surface area contributed by atoms with Crippen molar-refractivity contribution in [2.45, 2.75) is 51.4 Å². The lowest BCUT2D eigenvalue weighted by Crippen LogP contribution is -2.19. The van der Waals surface area contributed by atoms with Gasteiger partial charge in [-0.1, -0.05) is 23.4 Å². The smallest absolute Gasteiger partial charge is 0.150 e. The fourth-order valence-corrected chi connectivity index (χ4v) is 2.88. The molecule has 2 heterocycles. The molecule has 1 aromatic carbocycles. The Labute approximate surface area is 141 Å². The molecule has 1 aliphatic heterocycles. The van der Waals surface area contributed by atoms with Gasteiger partial charge in [-0.3, -0.25) is 0 Å². The Hall–Kier alpha value is -1.54. The van der Waals surface area contributed by atoms with Gasteiger partial charge < -0.3 is 9.84 Å². The first-order valence-electron chi connectivity index (χ1n) is 7.94. The van der Waals surface area contributed by atoms with Crippen LogP contribution in [0, 0.1) is 11.8 Å². The molecule has 0 aliphatic carbocycles. The van der Waals surface area contributed by atoms with Gasteiger partial charge in [-0.05, 0) is 45.2 Å². The quantitative estimate of drug-likeness (QED) is 0.848. The van der Waals surface area contributed by atoms with Crippen LogP contribution >= 0.6 is 11.6 Å². The average molecular weight is 333 g/mol. The molecule has 0 spiro atoms. The summed E-state index contributed by atoms with van der Waals surface area (Å²) in [5, 5.41) is 15.8. The maximum Gasteiger partial charge on any atom is 0.150 e. The SMILES string of the molecule is CC(C)(O)CC#Cc1cc2c(cnn2C2CCCCO2)cc1Cl. The second-order valence-electron chi connectivity index (χ2n) is 6.59. The standard InChI is InChI=1S/C18H21ClN2O2/c1-18(2,22)8-5-6-13-11-16-14(10-15(13)19)12-20-21(16)17-7-3-4-9-23-17/h10-12,17,22H,3-4,7-9H2,1-2H3. The first kappa shape index (κ1) is 16.3. The Morgan fingerprint density at radius 1 is 1.43 bits per heavy atom. The second kappa shape index (κ2) is 6.52. The van der Waals surface area contributed by atoms with Crippen LogP contribution in [0.4, 0.5) is 0 Å². The highest BCUT2D eigenvalue weighted by Gasteiger charge is 2.19. The summed E-state index contributed by atoms with van der Waals surface area (Å²) in [7, 11) is 0. The number of nitrogens with zero attached hydrogens (tertiary/aromatic N) is 2. The topological polar surface area (TPSA) is 47.3 Å². The van der Waals surface area contributed by atoms with E-state index in [1.54, 1.807) is 13.8 Å². The third kappa shape index (κ3) is 3.87. The van der Waals surface area contributed by atoms with Crippen LogP contribution in [0.2, 0.25) is 5.02 Å². The van der Waals surface area contributed by atoms with Gasteiger partial charge in [-0.2, -0.15) is 5.10 Å². The van der Waals surface area contributed by atoms with Crippen LogP contribution in [0.5, 0.6) is 0 Å². The average Bonchev–Trinajstić information content (AvgIpc) is 2.90. The zero-order valence-corrected chi connectivity index (χ0v) is 14.2. The lowest BCUT2D eigenvalue weighted by molar-refractivity contribution is -0.0366. The van der Waals surface area contributed by atoms with Gasteiger partial charge in [0.1, 0.15) is 0 Å². The van der Waals surface area contributed by atoms with Crippen molar-refractivity contribution >= 4 is 22.5 Å². The summed E-state index contributed by atoms with van der Waals surface area (Å²) in [6.07, 6.45) is 5.42. The fraction of sp³-hybridized carbons (Fsp3) is 0.500. The molecule has 1 fully saturated rings. The number of aromatic nitrogens is 2. The van der Waals surface area contributed by atoms with Crippen LogP contribution in [0.15, 0.2) is 18.3 Å². The molecule has 0 amide bonds. The Kier molecular flexibility index (Phi) is 4.63. The van der Waals surface area contributed by atoms with E-state index in [1.165, 1.54) is 0 Å². The Balaban J connectivity index is 1.95. The van der Waals surface area contributed by atoms with E-state index in [1.807, 2.05) is 23.0 Å². The minimum Gasteiger partial charge on any atom is -0.389 e. The molecule has 0 radical (unpaired) electrons. The minimum absolute atomic E-state index is 0.0143. The second-order valence-corrected chi connectivity index (χ2v) is 7.00. The number of ether oxygens (including phenoxy) is 1. The molecule has 1 unspecified atom stereocenters. The molecule has 122 valence electrons. The highest BCUT2D eigenvalue weighted by atomic mass is 35.5. The maximum atomic E-state index is 9.75. The van der Waals surface area contributed by atoms with E-state index < -0.39 is 5.60 Å². The molecule has 0 bridgehead atoms. The highest BCUT2D eigenvalue weighted by molar-refractivity contribution is 6.32. The summed E-state index contributed by atoms with van der Waals surface area (Å²) < 4.78 is 7.75. The molecule has 0 saturated carbocycles. The Morgan fingerprint density at radius 2 is 2.26 bits per heavy atom. The molecule has 23 heavy (non-hydrogen) atoms. The summed E-state index contributed by atoms with van der Waals surface area (Å²) in [5.41, 5.74) is 0.927. The van der Waals surface area contributed by atoms with Gasteiger partial charge in [-0.25, -0.2) is 4.68 Å². The van der Waals surface area contributed by atoms with E-state index in [9.17, 15) is 5.11 Å². The van der Waals surface area contributed by atoms with Crippen molar-refractivity contribution < 1.29 is 9.84 Å². The zero-order chi connectivity index (χ0) is 16.4. The minimum atomic E-state index is -0.804. The molecule has 1 N–H and O–H groups in total. The van der Waals surface area contributed by atoms with Crippen LogP contribution in [-0.2, 0) is 4.74 Å². The largest absolute Gasteiger partial charge is 0.389 e. The Bertz CT molecular complexity index is 759. The number of aliphatic hydroxyl groups is 1. The molecule has 1 saturated heterocycles. The van der Waals surface area contributed by atoms with Crippen molar-refractivity contribution in [3.8, 4) is 11.8 Å². The summed E-state index contributed by atoms with van der Waals surface area (Å²) in [6.45, 7) is 4.25. The number of halogens is 1.